The maximum Gasteiger partial charge on any atom is 0.247 e. The van der Waals surface area contributed by atoms with Crippen LogP contribution in [-0.4, -0.2) is 37.8 Å². The maximum absolute atomic E-state index is 13.4. The smallest absolute Gasteiger partial charge is 0.247 e. The number of hydrogen-bond donors (Lipinski definition) is 0. The second-order valence-electron chi connectivity index (χ2n) is 6.21. The van der Waals surface area contributed by atoms with Gasteiger partial charge in [-0.15, -0.1) is 0 Å². The van der Waals surface area contributed by atoms with Crippen molar-refractivity contribution in [3.63, 3.8) is 0 Å². The fourth-order valence-corrected chi connectivity index (χ4v) is 3.91. The largest absolute Gasteiger partial charge is 0.491 e. The summed E-state index contributed by atoms with van der Waals surface area (Å²) in [6, 6.07) is 9.39. The third kappa shape index (κ3) is 1.50. The molecule has 3 aliphatic heterocycles. The number of amides is 1. The molecule has 122 valence electrons. The molecule has 0 aliphatic carbocycles. The standard InChI is InChI=1S/C18H16N2O4/c1-22-14-7-6-13-16(19-14)18(10-24-13)11-4-2-5-12-15(11)20(17(18)21)8-3-9-23-12/h2,4-7H,3,8-10H2,1H3. The van der Waals surface area contributed by atoms with E-state index in [4.69, 9.17) is 14.2 Å². The third-order valence-electron chi connectivity index (χ3n) is 5.01. The van der Waals surface area contributed by atoms with Gasteiger partial charge in [-0.2, -0.15) is 0 Å². The van der Waals surface area contributed by atoms with Crippen molar-refractivity contribution in [2.75, 3.05) is 31.8 Å². The Hall–Kier alpha value is -2.76. The van der Waals surface area contributed by atoms with Gasteiger partial charge in [-0.25, -0.2) is 4.98 Å². The number of anilines is 1. The molecule has 0 N–H and O–H groups in total. The van der Waals surface area contributed by atoms with Crippen molar-refractivity contribution in [1.29, 1.82) is 0 Å². The van der Waals surface area contributed by atoms with Crippen molar-refractivity contribution >= 4 is 11.6 Å². The lowest BCUT2D eigenvalue weighted by atomic mass is 9.80. The molecule has 1 atom stereocenters. The first kappa shape index (κ1) is 13.7. The Morgan fingerprint density at radius 1 is 1.21 bits per heavy atom. The van der Waals surface area contributed by atoms with Gasteiger partial charge in [-0.05, 0) is 18.6 Å². The zero-order chi connectivity index (χ0) is 16.3. The highest BCUT2D eigenvalue weighted by Crippen LogP contribution is 2.54. The van der Waals surface area contributed by atoms with Crippen molar-refractivity contribution < 1.29 is 19.0 Å². The minimum atomic E-state index is -0.907. The van der Waals surface area contributed by atoms with Crippen molar-refractivity contribution in [1.82, 2.24) is 4.98 Å². The van der Waals surface area contributed by atoms with E-state index >= 15 is 0 Å². The molecule has 0 saturated heterocycles. The van der Waals surface area contributed by atoms with E-state index in [9.17, 15) is 4.79 Å². The Labute approximate surface area is 139 Å². The Morgan fingerprint density at radius 2 is 2.12 bits per heavy atom. The molecule has 5 rings (SSSR count). The number of aromatic nitrogens is 1. The topological polar surface area (TPSA) is 60.9 Å². The normalized spacial score (nSPS) is 23.4. The molecule has 1 unspecified atom stereocenters. The Balaban J connectivity index is 1.80. The Morgan fingerprint density at radius 3 is 3.00 bits per heavy atom. The zero-order valence-corrected chi connectivity index (χ0v) is 13.2. The lowest BCUT2D eigenvalue weighted by Crippen LogP contribution is -2.43. The Bertz CT molecular complexity index is 866. The van der Waals surface area contributed by atoms with Crippen molar-refractivity contribution in [3.8, 4) is 17.4 Å². The van der Waals surface area contributed by atoms with E-state index in [1.165, 1.54) is 0 Å². The molecule has 24 heavy (non-hydrogen) atoms. The average Bonchev–Trinajstić information content (AvgIpc) is 3.00. The molecule has 0 bridgehead atoms. The number of carbonyl (C=O) groups is 1. The van der Waals surface area contributed by atoms with Gasteiger partial charge in [0.25, 0.3) is 0 Å². The minimum absolute atomic E-state index is 0.00922. The van der Waals surface area contributed by atoms with E-state index in [0.717, 1.165) is 23.4 Å². The van der Waals surface area contributed by atoms with Crippen LogP contribution in [-0.2, 0) is 10.2 Å². The minimum Gasteiger partial charge on any atom is -0.491 e. The Kier molecular flexibility index (Phi) is 2.63. The first-order valence-corrected chi connectivity index (χ1v) is 8.02. The summed E-state index contributed by atoms with van der Waals surface area (Å²) in [6.45, 7) is 1.52. The van der Waals surface area contributed by atoms with Crippen LogP contribution < -0.4 is 19.1 Å². The van der Waals surface area contributed by atoms with Crippen LogP contribution in [0.4, 0.5) is 5.69 Å². The van der Waals surface area contributed by atoms with Gasteiger partial charge >= 0.3 is 0 Å². The first-order valence-electron chi connectivity index (χ1n) is 8.02. The summed E-state index contributed by atoms with van der Waals surface area (Å²) in [6.07, 6.45) is 0.801. The predicted octanol–water partition coefficient (Wildman–Crippen LogP) is 1.90. The highest BCUT2D eigenvalue weighted by molar-refractivity contribution is 6.12. The summed E-state index contributed by atoms with van der Waals surface area (Å²) in [7, 11) is 1.57. The monoisotopic (exact) mass is 324 g/mol. The molecular formula is C18H16N2O4. The van der Waals surface area contributed by atoms with Crippen LogP contribution in [0.5, 0.6) is 17.4 Å². The van der Waals surface area contributed by atoms with Gasteiger partial charge in [0, 0.05) is 18.2 Å². The van der Waals surface area contributed by atoms with Crippen molar-refractivity contribution in [2.45, 2.75) is 11.8 Å². The van der Waals surface area contributed by atoms with Crippen LogP contribution in [0.3, 0.4) is 0 Å². The molecule has 0 fully saturated rings. The number of nitrogens with zero attached hydrogens (tertiary/aromatic N) is 2. The first-order chi connectivity index (χ1) is 11.8. The molecule has 1 spiro atoms. The second-order valence-corrected chi connectivity index (χ2v) is 6.21. The summed E-state index contributed by atoms with van der Waals surface area (Å²) in [5.41, 5.74) is 1.50. The summed E-state index contributed by atoms with van der Waals surface area (Å²) < 4.78 is 16.9. The highest BCUT2D eigenvalue weighted by Gasteiger charge is 2.59. The quantitative estimate of drug-likeness (QED) is 0.802. The molecule has 3 aliphatic rings. The van der Waals surface area contributed by atoms with Crippen molar-refractivity contribution in [3.05, 3.63) is 41.6 Å². The van der Waals surface area contributed by atoms with E-state index < -0.39 is 5.41 Å². The van der Waals surface area contributed by atoms with Crippen LogP contribution in [0, 0.1) is 0 Å². The van der Waals surface area contributed by atoms with Gasteiger partial charge in [0.2, 0.25) is 11.8 Å². The summed E-state index contributed by atoms with van der Waals surface area (Å²) in [5, 5.41) is 0. The van der Waals surface area contributed by atoms with E-state index in [1.54, 1.807) is 13.2 Å². The van der Waals surface area contributed by atoms with Gasteiger partial charge < -0.3 is 19.1 Å². The molecule has 1 aromatic carbocycles. The summed E-state index contributed by atoms with van der Waals surface area (Å²) >= 11 is 0. The molecule has 1 aromatic heterocycles. The molecule has 1 amide bonds. The van der Waals surface area contributed by atoms with Gasteiger partial charge in [0.1, 0.15) is 23.8 Å². The fourth-order valence-electron chi connectivity index (χ4n) is 3.91. The van der Waals surface area contributed by atoms with Crippen LogP contribution in [0.1, 0.15) is 17.7 Å². The van der Waals surface area contributed by atoms with E-state index in [-0.39, 0.29) is 12.5 Å². The second kappa shape index (κ2) is 4.63. The van der Waals surface area contributed by atoms with Crippen LogP contribution in [0.15, 0.2) is 30.3 Å². The van der Waals surface area contributed by atoms with Crippen LogP contribution in [0.25, 0.3) is 0 Å². The molecule has 4 heterocycles. The predicted molar refractivity (Wildman–Crippen MR) is 86.0 cm³/mol. The van der Waals surface area contributed by atoms with E-state index in [2.05, 4.69) is 4.98 Å². The number of methoxy groups -OCH3 is 1. The molecule has 6 nitrogen and oxygen atoms in total. The molecular weight excluding hydrogens is 308 g/mol. The number of para-hydroxylation sites is 1. The van der Waals surface area contributed by atoms with Crippen LogP contribution in [0.2, 0.25) is 0 Å². The molecule has 0 radical (unpaired) electrons. The van der Waals surface area contributed by atoms with Gasteiger partial charge in [0.15, 0.2) is 5.41 Å². The SMILES string of the molecule is COc1ccc2c(n1)C1(CO2)C(=O)N2CCCOc3cccc1c32. The highest BCUT2D eigenvalue weighted by atomic mass is 16.5. The maximum atomic E-state index is 13.4. The average molecular weight is 324 g/mol. The lowest BCUT2D eigenvalue weighted by Gasteiger charge is -2.21. The van der Waals surface area contributed by atoms with Crippen LogP contribution >= 0.6 is 0 Å². The number of fused-ring (bicyclic) bond motifs is 3. The lowest BCUT2D eigenvalue weighted by molar-refractivity contribution is -0.122. The van der Waals surface area contributed by atoms with E-state index in [1.807, 2.05) is 29.2 Å². The number of carbonyl (C=O) groups excluding carboxylic acids is 1. The summed E-state index contributed by atoms with van der Waals surface area (Å²) in [5.74, 6) is 1.88. The van der Waals surface area contributed by atoms with Gasteiger partial charge in [-0.3, -0.25) is 4.79 Å². The number of hydrogen-bond acceptors (Lipinski definition) is 5. The fraction of sp³-hybridized carbons (Fsp3) is 0.333. The number of rotatable bonds is 1. The molecule has 2 aromatic rings. The van der Waals surface area contributed by atoms with Gasteiger partial charge in [0.05, 0.1) is 19.4 Å². The van der Waals surface area contributed by atoms with E-state index in [0.29, 0.717) is 30.5 Å². The summed E-state index contributed by atoms with van der Waals surface area (Å²) in [4.78, 5) is 19.8. The zero-order valence-electron chi connectivity index (χ0n) is 13.2. The van der Waals surface area contributed by atoms with Gasteiger partial charge in [-0.1, -0.05) is 12.1 Å². The molecule has 0 saturated carbocycles. The third-order valence-corrected chi connectivity index (χ3v) is 5.01. The van der Waals surface area contributed by atoms with Crippen molar-refractivity contribution in [2.24, 2.45) is 0 Å². The molecule has 6 heteroatoms. The number of benzene rings is 1. The number of ether oxygens (including phenoxy) is 3. The number of pyridine rings is 1.